The minimum absolute atomic E-state index is 0.0111. The first-order valence-corrected chi connectivity index (χ1v) is 30.5. The van der Waals surface area contributed by atoms with Crippen LogP contribution in [0.3, 0.4) is 0 Å². The molecule has 400 valence electrons. The van der Waals surface area contributed by atoms with Crippen LogP contribution >= 0.6 is 7.82 Å². The van der Waals surface area contributed by atoms with Crippen molar-refractivity contribution < 1.29 is 32.9 Å². The average Bonchev–Trinajstić information content (AvgIpc) is 3.30. The van der Waals surface area contributed by atoms with Gasteiger partial charge in [0.2, 0.25) is 5.91 Å². The van der Waals surface area contributed by atoms with Crippen LogP contribution in [-0.2, 0) is 18.4 Å². The number of nitrogens with zero attached hydrogens (tertiary/aromatic N) is 1. The summed E-state index contributed by atoms with van der Waals surface area (Å²) in [7, 11) is 1.23. The fraction of sp³-hybridized carbons (Fsp3) is 0.847. The van der Waals surface area contributed by atoms with E-state index in [1.165, 1.54) is 186 Å². The molecule has 0 aliphatic rings. The summed E-state index contributed by atoms with van der Waals surface area (Å²) in [6, 6.07) is -0.915. The van der Waals surface area contributed by atoms with Gasteiger partial charge in [-0.05, 0) is 70.6 Å². The summed E-state index contributed by atoms with van der Waals surface area (Å²) >= 11 is 0. The highest BCUT2D eigenvalue weighted by Gasteiger charge is 2.23. The van der Waals surface area contributed by atoms with Gasteiger partial charge in [0.1, 0.15) is 13.2 Å². The lowest BCUT2D eigenvalue weighted by Gasteiger charge is -2.29. The summed E-state index contributed by atoms with van der Waals surface area (Å²) in [5.74, 6) is -0.219. The number of phosphoric ester groups is 1. The monoisotopic (exact) mass is 977 g/mol. The van der Waals surface area contributed by atoms with Gasteiger partial charge in [0.25, 0.3) is 7.82 Å². The highest BCUT2D eigenvalue weighted by atomic mass is 31.2. The molecule has 0 saturated carbocycles. The van der Waals surface area contributed by atoms with E-state index in [1.807, 2.05) is 27.2 Å². The van der Waals surface area contributed by atoms with Crippen molar-refractivity contribution in [3.05, 3.63) is 48.6 Å². The predicted molar refractivity (Wildman–Crippen MR) is 293 cm³/mol. The fourth-order valence-electron chi connectivity index (χ4n) is 8.42. The SMILES string of the molecule is CCCCCCCCC/C=C\CCCCCCCC(=O)NC(COP(=O)([O-])OCC[N+](C)(C)C)C(O)/C=C/CC/C=C/CC/C=C/CCCCCCCCCCCCCCCCCCCCCC. The van der Waals surface area contributed by atoms with Gasteiger partial charge < -0.3 is 28.8 Å². The molecule has 0 bridgehead atoms. The lowest BCUT2D eigenvalue weighted by molar-refractivity contribution is -0.870. The maximum atomic E-state index is 12.9. The Bertz CT molecular complexity index is 1250. The van der Waals surface area contributed by atoms with Gasteiger partial charge in [0.05, 0.1) is 39.9 Å². The zero-order chi connectivity index (χ0) is 49.9. The molecule has 3 unspecified atom stereocenters. The van der Waals surface area contributed by atoms with Crippen LogP contribution in [-0.4, -0.2) is 68.5 Å². The number of allylic oxidation sites excluding steroid dienone is 7. The number of amides is 1. The third-order valence-corrected chi connectivity index (χ3v) is 14.0. The van der Waals surface area contributed by atoms with E-state index in [2.05, 4.69) is 55.6 Å². The maximum absolute atomic E-state index is 12.9. The summed E-state index contributed by atoms with van der Waals surface area (Å²) in [5.41, 5.74) is 0. The van der Waals surface area contributed by atoms with E-state index in [-0.39, 0.29) is 12.5 Å². The Morgan fingerprint density at radius 3 is 1.19 bits per heavy atom. The number of aliphatic hydroxyl groups is 1. The first-order chi connectivity index (χ1) is 33.0. The summed E-state index contributed by atoms with van der Waals surface area (Å²) in [6.45, 7) is 4.63. The van der Waals surface area contributed by atoms with Crippen molar-refractivity contribution in [3.8, 4) is 0 Å². The smallest absolute Gasteiger partial charge is 0.268 e. The topological polar surface area (TPSA) is 108 Å². The van der Waals surface area contributed by atoms with Crippen LogP contribution in [0.25, 0.3) is 0 Å². The van der Waals surface area contributed by atoms with Gasteiger partial charge in [-0.25, -0.2) is 0 Å². The molecule has 0 saturated heterocycles. The van der Waals surface area contributed by atoms with Crippen molar-refractivity contribution >= 4 is 13.7 Å². The van der Waals surface area contributed by atoms with Crippen molar-refractivity contribution in [2.45, 2.75) is 283 Å². The summed E-state index contributed by atoms with van der Waals surface area (Å²) < 4.78 is 23.3. The van der Waals surface area contributed by atoms with Gasteiger partial charge in [0, 0.05) is 6.42 Å². The number of carbonyl (C=O) groups excluding carboxylic acids is 1. The standard InChI is InChI=1S/C59H113N2O6P/c1-6-8-10-12-14-16-18-20-22-24-25-26-27-28-29-30-31-32-33-34-35-36-37-38-40-42-44-46-48-50-52-58(62)57(56-67-68(64,65)66-55-54-61(3,4)5)60-59(63)53-51-49-47-45-43-41-39-23-21-19-17-15-13-11-9-7-2/h23,36-37,39,42,44,50,52,57-58,62H,6-22,24-35,38,40-41,43,45-49,51,53-56H2,1-5H3,(H-,60,63,64,65)/b37-36+,39-23-,44-42+,52-50+. The minimum atomic E-state index is -4.61. The van der Waals surface area contributed by atoms with E-state index in [0.29, 0.717) is 17.4 Å². The molecule has 0 heterocycles. The summed E-state index contributed by atoms with van der Waals surface area (Å²) in [5, 5.41) is 13.8. The van der Waals surface area contributed by atoms with E-state index < -0.39 is 26.6 Å². The van der Waals surface area contributed by atoms with Crippen LogP contribution < -0.4 is 10.2 Å². The molecule has 68 heavy (non-hydrogen) atoms. The Labute approximate surface area is 422 Å². The minimum Gasteiger partial charge on any atom is -0.756 e. The van der Waals surface area contributed by atoms with Crippen molar-refractivity contribution in [2.24, 2.45) is 0 Å². The lowest BCUT2D eigenvalue weighted by Crippen LogP contribution is -2.45. The van der Waals surface area contributed by atoms with E-state index in [9.17, 15) is 19.4 Å². The molecule has 0 aromatic heterocycles. The molecule has 0 aromatic rings. The van der Waals surface area contributed by atoms with Gasteiger partial charge >= 0.3 is 0 Å². The molecular weight excluding hydrogens is 864 g/mol. The number of likely N-dealkylation sites (N-methyl/N-ethyl adjacent to an activating group) is 1. The maximum Gasteiger partial charge on any atom is 0.268 e. The van der Waals surface area contributed by atoms with Crippen molar-refractivity contribution in [1.82, 2.24) is 5.32 Å². The second-order valence-corrected chi connectivity index (χ2v) is 22.4. The molecule has 0 radical (unpaired) electrons. The van der Waals surface area contributed by atoms with Gasteiger partial charge in [0.15, 0.2) is 0 Å². The van der Waals surface area contributed by atoms with Gasteiger partial charge in [-0.3, -0.25) is 9.36 Å². The molecule has 9 heteroatoms. The molecule has 0 aromatic carbocycles. The zero-order valence-corrected chi connectivity index (χ0v) is 46.5. The van der Waals surface area contributed by atoms with Crippen LogP contribution in [0.4, 0.5) is 0 Å². The third-order valence-electron chi connectivity index (χ3n) is 13.0. The highest BCUT2D eigenvalue weighted by Crippen LogP contribution is 2.38. The Balaban J connectivity index is 4.23. The average molecular weight is 978 g/mol. The number of nitrogens with one attached hydrogen (secondary N) is 1. The normalized spacial score (nSPS) is 14.3. The van der Waals surface area contributed by atoms with E-state index >= 15 is 0 Å². The largest absolute Gasteiger partial charge is 0.756 e. The molecule has 0 rings (SSSR count). The Hall–Kier alpha value is -1.54. The predicted octanol–water partition coefficient (Wildman–Crippen LogP) is 16.9. The Kier molecular flexibility index (Phi) is 49.3. The quantitative estimate of drug-likeness (QED) is 0.0272. The fourth-order valence-corrected chi connectivity index (χ4v) is 9.14. The van der Waals surface area contributed by atoms with Crippen LogP contribution in [0.5, 0.6) is 0 Å². The highest BCUT2D eigenvalue weighted by molar-refractivity contribution is 7.45. The molecule has 3 atom stereocenters. The second-order valence-electron chi connectivity index (χ2n) is 21.0. The van der Waals surface area contributed by atoms with Crippen molar-refractivity contribution in [1.29, 1.82) is 0 Å². The van der Waals surface area contributed by atoms with Crippen molar-refractivity contribution in [2.75, 3.05) is 40.9 Å². The molecule has 1 amide bonds. The summed E-state index contributed by atoms with van der Waals surface area (Å²) in [4.78, 5) is 25.4. The number of carbonyl (C=O) groups is 1. The summed E-state index contributed by atoms with van der Waals surface area (Å²) in [6.07, 6.45) is 66.3. The second kappa shape index (κ2) is 50.4. The Morgan fingerprint density at radius 2 is 0.824 bits per heavy atom. The first-order valence-electron chi connectivity index (χ1n) is 29.0. The van der Waals surface area contributed by atoms with Crippen molar-refractivity contribution in [3.63, 3.8) is 0 Å². The molecule has 0 spiro atoms. The van der Waals surface area contributed by atoms with E-state index in [1.54, 1.807) is 6.08 Å². The number of phosphoric acid groups is 1. The van der Waals surface area contributed by atoms with Crippen LogP contribution in [0.1, 0.15) is 271 Å². The number of hydrogen-bond acceptors (Lipinski definition) is 6. The van der Waals surface area contributed by atoms with Gasteiger partial charge in [-0.2, -0.15) is 0 Å². The van der Waals surface area contributed by atoms with E-state index in [0.717, 1.165) is 64.2 Å². The number of aliphatic hydroxyl groups excluding tert-OH is 1. The number of unbranched alkanes of at least 4 members (excludes halogenated alkanes) is 34. The molecule has 2 N–H and O–H groups in total. The molecule has 0 aliphatic carbocycles. The van der Waals surface area contributed by atoms with Gasteiger partial charge in [-0.1, -0.05) is 242 Å². The third kappa shape index (κ3) is 52.3. The van der Waals surface area contributed by atoms with Crippen LogP contribution in [0.15, 0.2) is 48.6 Å². The molecule has 0 fully saturated rings. The molecule has 0 aliphatic heterocycles. The van der Waals surface area contributed by atoms with Crippen LogP contribution in [0.2, 0.25) is 0 Å². The van der Waals surface area contributed by atoms with E-state index in [4.69, 9.17) is 9.05 Å². The van der Waals surface area contributed by atoms with Crippen LogP contribution in [0, 0.1) is 0 Å². The number of hydrogen-bond donors (Lipinski definition) is 2. The zero-order valence-electron chi connectivity index (χ0n) is 45.6. The lowest BCUT2D eigenvalue weighted by atomic mass is 10.0. The van der Waals surface area contributed by atoms with Gasteiger partial charge in [-0.15, -0.1) is 0 Å². The Morgan fingerprint density at radius 1 is 0.500 bits per heavy atom. The number of rotatable bonds is 53. The molecule has 8 nitrogen and oxygen atoms in total. The number of quaternary nitrogens is 1. The first kappa shape index (κ1) is 66.5. The molecular formula is C59H113N2O6P.